The molecule has 20 heavy (non-hydrogen) atoms. The Morgan fingerprint density at radius 1 is 0.900 bits per heavy atom. The maximum absolute atomic E-state index is 12.1. The molecule has 8 heteroatoms. The molecule has 3 nitrogen and oxygen atoms in total. The smallest absolute Gasteiger partial charge is 0.255 e. The summed E-state index contributed by atoms with van der Waals surface area (Å²) in [4.78, 5) is 15.9. The molecule has 0 spiro atoms. The highest BCUT2D eigenvalue weighted by atomic mass is 35.5. The topological polar surface area (TPSA) is 42.0 Å². The van der Waals surface area contributed by atoms with Gasteiger partial charge >= 0.3 is 0 Å². The SMILES string of the molecule is O=C(Nc1c(Cl)cc(Cl)cc1Cl)c1cc(Cl)nc(Cl)c1. The summed E-state index contributed by atoms with van der Waals surface area (Å²) >= 11 is 29.2. The molecule has 2 rings (SSSR count). The molecule has 0 saturated heterocycles. The van der Waals surface area contributed by atoms with Gasteiger partial charge in [-0.1, -0.05) is 58.0 Å². The van der Waals surface area contributed by atoms with E-state index >= 15 is 0 Å². The second-order valence-corrected chi connectivity index (χ2v) is 5.73. The van der Waals surface area contributed by atoms with Crippen LogP contribution in [0.2, 0.25) is 25.4 Å². The van der Waals surface area contributed by atoms with Crippen LogP contribution in [0.25, 0.3) is 0 Å². The summed E-state index contributed by atoms with van der Waals surface area (Å²) in [5.74, 6) is -0.470. The van der Waals surface area contributed by atoms with E-state index in [1.54, 1.807) is 0 Å². The first-order valence-corrected chi connectivity index (χ1v) is 7.05. The molecular weight excluding hydrogens is 365 g/mol. The minimum atomic E-state index is -0.470. The Morgan fingerprint density at radius 2 is 1.40 bits per heavy atom. The lowest BCUT2D eigenvalue weighted by Gasteiger charge is -2.10. The number of halogens is 5. The van der Waals surface area contributed by atoms with E-state index in [0.29, 0.717) is 5.02 Å². The van der Waals surface area contributed by atoms with Gasteiger partial charge in [0, 0.05) is 10.6 Å². The Bertz CT molecular complexity index is 646. The summed E-state index contributed by atoms with van der Waals surface area (Å²) in [5.41, 5.74) is 0.490. The summed E-state index contributed by atoms with van der Waals surface area (Å²) in [6.07, 6.45) is 0. The first kappa shape index (κ1) is 15.7. The number of nitrogens with zero attached hydrogens (tertiary/aromatic N) is 1. The third-order valence-corrected chi connectivity index (χ3v) is 3.47. The molecule has 0 bridgehead atoms. The van der Waals surface area contributed by atoms with Crippen LogP contribution in [0.15, 0.2) is 24.3 Å². The Balaban J connectivity index is 2.32. The lowest BCUT2D eigenvalue weighted by Crippen LogP contribution is -2.13. The number of carbonyl (C=O) groups is 1. The van der Waals surface area contributed by atoms with Gasteiger partial charge in [0.25, 0.3) is 5.91 Å². The van der Waals surface area contributed by atoms with Crippen LogP contribution in [-0.4, -0.2) is 10.9 Å². The average Bonchev–Trinajstić information content (AvgIpc) is 2.32. The van der Waals surface area contributed by atoms with Crippen molar-refractivity contribution in [2.75, 3.05) is 5.32 Å². The fraction of sp³-hybridized carbons (Fsp3) is 0. The van der Waals surface area contributed by atoms with E-state index in [2.05, 4.69) is 10.3 Å². The van der Waals surface area contributed by atoms with E-state index in [1.165, 1.54) is 24.3 Å². The lowest BCUT2D eigenvalue weighted by molar-refractivity contribution is 0.102. The molecule has 0 aliphatic carbocycles. The minimum absolute atomic E-state index is 0.107. The standard InChI is InChI=1S/C12H5Cl5N2O/c13-6-3-7(14)11(8(15)4-6)19-12(20)5-1-9(16)18-10(17)2-5/h1-4H,(H,19,20). The molecule has 0 unspecified atom stereocenters. The maximum Gasteiger partial charge on any atom is 0.255 e. The van der Waals surface area contributed by atoms with Crippen LogP contribution in [0.3, 0.4) is 0 Å². The number of amides is 1. The van der Waals surface area contributed by atoms with Crippen molar-refractivity contribution >= 4 is 69.6 Å². The number of carbonyl (C=O) groups excluding carboxylic acids is 1. The summed E-state index contributed by atoms with van der Waals surface area (Å²) in [7, 11) is 0. The van der Waals surface area contributed by atoms with Crippen LogP contribution in [-0.2, 0) is 0 Å². The maximum atomic E-state index is 12.1. The van der Waals surface area contributed by atoms with Crippen LogP contribution in [0.1, 0.15) is 10.4 Å². The Labute approximate surface area is 139 Å². The third kappa shape index (κ3) is 3.68. The number of hydrogen-bond donors (Lipinski definition) is 1. The average molecular weight is 370 g/mol. The molecule has 0 radical (unpaired) electrons. The van der Waals surface area contributed by atoms with E-state index in [0.717, 1.165) is 0 Å². The van der Waals surface area contributed by atoms with E-state index in [4.69, 9.17) is 58.0 Å². The molecule has 1 aromatic heterocycles. The van der Waals surface area contributed by atoms with Crippen molar-refractivity contribution in [1.29, 1.82) is 0 Å². The van der Waals surface area contributed by atoms with Crippen molar-refractivity contribution in [3.8, 4) is 0 Å². The molecule has 0 atom stereocenters. The van der Waals surface area contributed by atoms with Crippen LogP contribution < -0.4 is 5.32 Å². The highest BCUT2D eigenvalue weighted by Gasteiger charge is 2.14. The monoisotopic (exact) mass is 368 g/mol. The second-order valence-electron chi connectivity index (χ2n) is 3.70. The molecule has 104 valence electrons. The Morgan fingerprint density at radius 3 is 1.90 bits per heavy atom. The number of pyridine rings is 1. The molecule has 1 heterocycles. The fourth-order valence-corrected chi connectivity index (χ4v) is 2.82. The zero-order valence-electron chi connectivity index (χ0n) is 9.55. The molecule has 0 aliphatic heterocycles. The van der Waals surface area contributed by atoms with Gasteiger partial charge < -0.3 is 5.32 Å². The number of benzene rings is 1. The van der Waals surface area contributed by atoms with Gasteiger partial charge in [-0.25, -0.2) is 4.98 Å². The molecule has 2 aromatic rings. The minimum Gasteiger partial charge on any atom is -0.319 e. The van der Waals surface area contributed by atoms with Crippen LogP contribution >= 0.6 is 58.0 Å². The van der Waals surface area contributed by atoms with Gasteiger partial charge in [-0.3, -0.25) is 4.79 Å². The van der Waals surface area contributed by atoms with Gasteiger partial charge in [0.1, 0.15) is 10.3 Å². The summed E-state index contributed by atoms with van der Waals surface area (Å²) in [5, 5.41) is 3.60. The summed E-state index contributed by atoms with van der Waals surface area (Å²) in [6, 6.07) is 5.69. The lowest BCUT2D eigenvalue weighted by atomic mass is 10.2. The third-order valence-electron chi connectivity index (χ3n) is 2.27. The second kappa shape index (κ2) is 6.37. The highest BCUT2D eigenvalue weighted by Crippen LogP contribution is 2.34. The van der Waals surface area contributed by atoms with E-state index in [1.807, 2.05) is 0 Å². The normalized spacial score (nSPS) is 10.4. The van der Waals surface area contributed by atoms with Crippen molar-refractivity contribution in [3.05, 3.63) is 55.2 Å². The highest BCUT2D eigenvalue weighted by molar-refractivity contribution is 6.42. The Kier molecular flexibility index (Phi) is 4.99. The number of nitrogens with one attached hydrogen (secondary N) is 1. The molecule has 0 saturated carbocycles. The summed E-state index contributed by atoms with van der Waals surface area (Å²) < 4.78 is 0. The van der Waals surface area contributed by atoms with Gasteiger partial charge in [0.15, 0.2) is 0 Å². The van der Waals surface area contributed by atoms with E-state index in [-0.39, 0.29) is 31.6 Å². The molecular formula is C12H5Cl5N2O. The largest absolute Gasteiger partial charge is 0.319 e. The zero-order chi connectivity index (χ0) is 14.9. The number of rotatable bonds is 2. The van der Waals surface area contributed by atoms with Crippen molar-refractivity contribution in [2.45, 2.75) is 0 Å². The van der Waals surface area contributed by atoms with Crippen molar-refractivity contribution in [1.82, 2.24) is 4.98 Å². The van der Waals surface area contributed by atoms with Crippen LogP contribution in [0.4, 0.5) is 5.69 Å². The number of hydrogen-bond acceptors (Lipinski definition) is 2. The zero-order valence-corrected chi connectivity index (χ0v) is 13.3. The van der Waals surface area contributed by atoms with Gasteiger partial charge in [-0.05, 0) is 24.3 Å². The van der Waals surface area contributed by atoms with Gasteiger partial charge in [-0.15, -0.1) is 0 Å². The van der Waals surface area contributed by atoms with Gasteiger partial charge in [0.05, 0.1) is 15.7 Å². The molecule has 1 amide bonds. The predicted molar refractivity (Wildman–Crippen MR) is 83.7 cm³/mol. The van der Waals surface area contributed by atoms with Crippen molar-refractivity contribution in [3.63, 3.8) is 0 Å². The number of aromatic nitrogens is 1. The Hall–Kier alpha value is -0.710. The summed E-state index contributed by atoms with van der Waals surface area (Å²) in [6.45, 7) is 0. The molecule has 1 aromatic carbocycles. The van der Waals surface area contributed by atoms with Crippen molar-refractivity contribution in [2.24, 2.45) is 0 Å². The quantitative estimate of drug-likeness (QED) is 0.699. The predicted octanol–water partition coefficient (Wildman–Crippen LogP) is 5.60. The van der Waals surface area contributed by atoms with E-state index in [9.17, 15) is 4.79 Å². The van der Waals surface area contributed by atoms with Crippen LogP contribution in [0.5, 0.6) is 0 Å². The van der Waals surface area contributed by atoms with Gasteiger partial charge in [-0.2, -0.15) is 0 Å². The molecule has 0 aliphatic rings. The van der Waals surface area contributed by atoms with Crippen molar-refractivity contribution < 1.29 is 4.79 Å². The van der Waals surface area contributed by atoms with Gasteiger partial charge in [0.2, 0.25) is 0 Å². The first-order valence-electron chi connectivity index (χ1n) is 5.16. The van der Waals surface area contributed by atoms with Crippen LogP contribution in [0, 0.1) is 0 Å². The first-order chi connectivity index (χ1) is 9.36. The van der Waals surface area contributed by atoms with E-state index < -0.39 is 5.91 Å². The number of anilines is 1. The molecule has 1 N–H and O–H groups in total. The fourth-order valence-electron chi connectivity index (χ4n) is 1.44. The molecule has 0 fully saturated rings.